The number of anilines is 3. The number of fused-ring (bicyclic) bond motifs is 2. The van der Waals surface area contributed by atoms with Crippen LogP contribution < -0.4 is 58.9 Å². The van der Waals surface area contributed by atoms with E-state index in [0.717, 1.165) is 43.5 Å². The molecule has 2 aromatic heterocycles. The topological polar surface area (TPSA) is 409 Å². The summed E-state index contributed by atoms with van der Waals surface area (Å²) >= 11 is 1.87. The Morgan fingerprint density at radius 1 is 0.750 bits per heavy atom. The molecule has 2 aliphatic rings. The average molecular weight is 1120 g/mol. The van der Waals surface area contributed by atoms with Gasteiger partial charge >= 0.3 is 12.0 Å². The predicted molar refractivity (Wildman–Crippen MR) is 300 cm³/mol. The van der Waals surface area contributed by atoms with Gasteiger partial charge in [0.2, 0.25) is 29.6 Å². The number of thioether (sulfide) groups is 1. The number of benzene rings is 2. The first-order valence-corrected chi connectivity index (χ1v) is 27.7. The van der Waals surface area contributed by atoms with E-state index in [1.54, 1.807) is 30.5 Å². The fraction of sp³-hybridized carbons (Fsp3) is 0.500. The summed E-state index contributed by atoms with van der Waals surface area (Å²) in [4.78, 5) is 122. The zero-order valence-electron chi connectivity index (χ0n) is 44.6. The molecule has 4 heterocycles. The van der Waals surface area contributed by atoms with E-state index in [1.165, 1.54) is 24.3 Å². The van der Waals surface area contributed by atoms with E-state index in [0.29, 0.717) is 80.3 Å². The Labute approximate surface area is 466 Å². The lowest BCUT2D eigenvalue weighted by Gasteiger charge is -2.19. The molecule has 8 amide bonds. The Kier molecular flexibility index (Phi) is 23.7. The minimum Gasteiger partial charge on any atom is -0.480 e. The van der Waals surface area contributed by atoms with Crippen LogP contribution in [0.25, 0.3) is 21.6 Å². The number of rotatable bonds is 33. The Bertz CT molecular complexity index is 2860. The summed E-state index contributed by atoms with van der Waals surface area (Å²) in [5.74, 6) is -2.49. The summed E-state index contributed by atoms with van der Waals surface area (Å²) in [5, 5.41) is 36.3. The summed E-state index contributed by atoms with van der Waals surface area (Å²) < 4.78 is 0. The number of amides is 8. The van der Waals surface area contributed by atoms with Crippen molar-refractivity contribution >= 4 is 93.5 Å². The minimum atomic E-state index is -1.36. The number of carboxylic acids is 1. The number of urea groups is 1. The summed E-state index contributed by atoms with van der Waals surface area (Å²) in [5.41, 5.74) is 23.0. The van der Waals surface area contributed by atoms with Crippen LogP contribution in [0.1, 0.15) is 116 Å². The molecular formula is C52H70N18O9S. The maximum Gasteiger partial charge on any atom is 0.326 e. The first kappa shape index (κ1) is 60.7. The van der Waals surface area contributed by atoms with E-state index in [4.69, 9.17) is 17.0 Å². The van der Waals surface area contributed by atoms with Crippen LogP contribution in [0.4, 0.5) is 27.9 Å². The standard InChI is InChI=1S/C52H70N18O9S/c1-70(29-34-28-60-46-44(61-34)45(53)66-51(54)67-46)35-20-16-32(17-21-35)48(75)63-37(50(77)78)22-23-42(73)58-26-9-27-59-49(76)36(62-47(74)31-14-18-33(19-15-31)68-69-55)10-6-8-25-57-40(71)12-3-2-7-24-56-41(72)13-5-4-11-39-43-38(30-80-39)64-52(79)65-43/h14-21,28,36-39,43H,2-13,22-27,29-30H2,1H3,(H,56,72)(H,57,71)(H,58,73)(H,59,76)(H,62,74)(H,63,75)(H,77,78)(H2,64,65,79)(H4,53,54,60,66,67)/t36-,37-,38-,39-,43-/m0/s1. The molecule has 28 heteroatoms. The molecule has 2 aliphatic heterocycles. The number of nitrogens with two attached hydrogens (primary N) is 2. The number of azide groups is 1. The molecule has 0 saturated carbocycles. The third-order valence-electron chi connectivity index (χ3n) is 13.3. The lowest BCUT2D eigenvalue weighted by Crippen LogP contribution is -2.47. The third kappa shape index (κ3) is 19.4. The van der Waals surface area contributed by atoms with E-state index in [1.807, 2.05) is 23.7 Å². The first-order chi connectivity index (χ1) is 38.6. The van der Waals surface area contributed by atoms with E-state index >= 15 is 0 Å². The van der Waals surface area contributed by atoms with Crippen LogP contribution in [0.15, 0.2) is 59.8 Å². The Morgan fingerprint density at radius 2 is 1.36 bits per heavy atom. The van der Waals surface area contributed by atoms with Gasteiger partial charge in [0, 0.05) is 90.9 Å². The second-order valence-electron chi connectivity index (χ2n) is 19.4. The summed E-state index contributed by atoms with van der Waals surface area (Å²) in [6.45, 7) is 1.51. The van der Waals surface area contributed by atoms with Crippen LogP contribution >= 0.6 is 11.8 Å². The van der Waals surface area contributed by atoms with Gasteiger partial charge in [-0.3, -0.25) is 28.8 Å². The molecule has 2 aromatic carbocycles. The van der Waals surface area contributed by atoms with Gasteiger partial charge in [-0.05, 0) is 99.7 Å². The highest BCUT2D eigenvalue weighted by Crippen LogP contribution is 2.33. The fourth-order valence-corrected chi connectivity index (χ4v) is 10.5. The quantitative estimate of drug-likeness (QED) is 0.0107. The molecule has 2 saturated heterocycles. The van der Waals surface area contributed by atoms with Crippen molar-refractivity contribution in [3.63, 3.8) is 0 Å². The molecule has 6 rings (SSSR count). The molecule has 5 atom stereocenters. The van der Waals surface area contributed by atoms with E-state index in [9.17, 15) is 43.5 Å². The number of carbonyl (C=O) groups excluding carboxylic acids is 7. The van der Waals surface area contributed by atoms with Gasteiger partial charge in [0.1, 0.15) is 12.1 Å². The molecule has 428 valence electrons. The van der Waals surface area contributed by atoms with Crippen molar-refractivity contribution < 1.29 is 43.5 Å². The average Bonchev–Trinajstić information content (AvgIpc) is 4.04. The third-order valence-corrected chi connectivity index (χ3v) is 14.9. The summed E-state index contributed by atoms with van der Waals surface area (Å²) in [6, 6.07) is 10.3. The van der Waals surface area contributed by atoms with Crippen LogP contribution in [-0.2, 0) is 30.5 Å². The number of aliphatic carboxylic acids is 1. The SMILES string of the molecule is CN(Cc1cnc2nc(N)nc(N)c2n1)c1ccc(C(=O)N[C@@H](CCC(=O)NCCCNC(=O)[C@H](CCCCNC(=O)CCCCCNC(=O)CCCC[C@@H]2SC[C@@H]3NC(=O)N[C@@H]32)NC(=O)c2ccc(N=[N+]=[N-])cc2)C(=O)O)cc1. The molecule has 0 unspecified atom stereocenters. The molecular weight excluding hydrogens is 1050 g/mol. The fourth-order valence-electron chi connectivity index (χ4n) is 8.98. The van der Waals surface area contributed by atoms with Crippen LogP contribution in [0.5, 0.6) is 0 Å². The number of carbonyl (C=O) groups is 8. The highest BCUT2D eigenvalue weighted by Gasteiger charge is 2.42. The smallest absolute Gasteiger partial charge is 0.326 e. The van der Waals surface area contributed by atoms with E-state index in [2.05, 4.69) is 72.5 Å². The van der Waals surface area contributed by atoms with E-state index in [-0.39, 0.29) is 90.8 Å². The van der Waals surface area contributed by atoms with Crippen LogP contribution in [-0.4, -0.2) is 141 Å². The Morgan fingerprint density at radius 3 is 2.04 bits per heavy atom. The van der Waals surface area contributed by atoms with Gasteiger partial charge in [-0.1, -0.05) is 30.1 Å². The largest absolute Gasteiger partial charge is 0.480 e. The molecule has 80 heavy (non-hydrogen) atoms. The second kappa shape index (κ2) is 31.2. The second-order valence-corrected chi connectivity index (χ2v) is 20.7. The van der Waals surface area contributed by atoms with Crippen molar-refractivity contribution in [2.75, 3.05) is 55.3 Å². The Hall–Kier alpha value is -8.52. The van der Waals surface area contributed by atoms with Gasteiger partial charge in [-0.15, -0.1) is 0 Å². The number of hydrogen-bond donors (Lipinski definition) is 11. The summed E-state index contributed by atoms with van der Waals surface area (Å²) in [6.07, 6.45) is 8.37. The molecule has 0 aliphatic carbocycles. The summed E-state index contributed by atoms with van der Waals surface area (Å²) in [7, 11) is 1.81. The first-order valence-electron chi connectivity index (χ1n) is 26.7. The normalized spacial score (nSPS) is 15.9. The lowest BCUT2D eigenvalue weighted by molar-refractivity contribution is -0.139. The molecule has 2 fully saturated rings. The van der Waals surface area contributed by atoms with Crippen molar-refractivity contribution in [2.24, 2.45) is 5.11 Å². The van der Waals surface area contributed by atoms with Gasteiger partial charge in [0.15, 0.2) is 17.0 Å². The monoisotopic (exact) mass is 1120 g/mol. The molecule has 13 N–H and O–H groups in total. The van der Waals surface area contributed by atoms with Crippen molar-refractivity contribution in [2.45, 2.75) is 126 Å². The van der Waals surface area contributed by atoms with Crippen LogP contribution in [0.2, 0.25) is 0 Å². The number of unbranched alkanes of at least 4 members (excludes halogenated alkanes) is 4. The number of nitrogens with one attached hydrogen (secondary N) is 8. The number of carboxylic acid groups (broad SMARTS) is 1. The van der Waals surface area contributed by atoms with Crippen molar-refractivity contribution in [3.05, 3.63) is 82.0 Å². The number of hydrogen-bond acceptors (Lipinski definition) is 17. The van der Waals surface area contributed by atoms with Gasteiger partial charge in [-0.2, -0.15) is 21.7 Å². The highest BCUT2D eigenvalue weighted by atomic mass is 32.2. The molecule has 27 nitrogen and oxygen atoms in total. The van der Waals surface area contributed by atoms with Crippen molar-refractivity contribution in [3.8, 4) is 0 Å². The van der Waals surface area contributed by atoms with Gasteiger partial charge in [-0.25, -0.2) is 19.6 Å². The van der Waals surface area contributed by atoms with Gasteiger partial charge < -0.3 is 64.0 Å². The van der Waals surface area contributed by atoms with Crippen LogP contribution in [0.3, 0.4) is 0 Å². The van der Waals surface area contributed by atoms with E-state index < -0.39 is 41.7 Å². The number of aromatic nitrogens is 4. The molecule has 0 radical (unpaired) electrons. The zero-order valence-corrected chi connectivity index (χ0v) is 45.4. The van der Waals surface area contributed by atoms with Crippen LogP contribution in [0, 0.1) is 0 Å². The van der Waals surface area contributed by atoms with Crippen molar-refractivity contribution in [1.82, 2.24) is 62.5 Å². The zero-order chi connectivity index (χ0) is 57.4. The molecule has 4 aromatic rings. The van der Waals surface area contributed by atoms with Crippen molar-refractivity contribution in [1.29, 1.82) is 0 Å². The maximum absolute atomic E-state index is 13.4. The number of nitrogen functional groups attached to an aromatic ring is 2. The predicted octanol–water partition coefficient (Wildman–Crippen LogP) is 3.24. The Balaban J connectivity index is 0.840. The lowest BCUT2D eigenvalue weighted by atomic mass is 10.0. The minimum absolute atomic E-state index is 0.0118. The molecule has 0 spiro atoms. The number of nitrogens with zero attached hydrogens (tertiary/aromatic N) is 8. The highest BCUT2D eigenvalue weighted by molar-refractivity contribution is 8.00. The van der Waals surface area contributed by atoms with Gasteiger partial charge in [0.05, 0.1) is 30.5 Å². The van der Waals surface area contributed by atoms with Gasteiger partial charge in [0.25, 0.3) is 11.8 Å². The maximum atomic E-state index is 13.4. The molecule has 0 bridgehead atoms.